The fourth-order valence-corrected chi connectivity index (χ4v) is 4.19. The molecular weight excluding hydrogens is 226 g/mol. The molecule has 2 bridgehead atoms. The summed E-state index contributed by atoms with van der Waals surface area (Å²) in [7, 11) is 0. The van der Waals surface area contributed by atoms with Gasteiger partial charge >= 0.3 is 0 Å². The first kappa shape index (κ1) is 12.1. The quantitative estimate of drug-likeness (QED) is 0.860. The lowest BCUT2D eigenvalue weighted by Crippen LogP contribution is -2.45. The lowest BCUT2D eigenvalue weighted by Gasteiger charge is -2.40. The van der Waals surface area contributed by atoms with Gasteiger partial charge in [0, 0.05) is 6.04 Å². The average Bonchev–Trinajstić information content (AvgIpc) is 2.95. The van der Waals surface area contributed by atoms with Crippen LogP contribution in [-0.2, 0) is 0 Å². The molecule has 5 heteroatoms. The Morgan fingerprint density at radius 2 is 2.17 bits per heavy atom. The Morgan fingerprint density at radius 3 is 2.67 bits per heavy atom. The molecule has 0 radical (unpaired) electrons. The Kier molecular flexibility index (Phi) is 2.52. The van der Waals surface area contributed by atoms with E-state index in [1.165, 1.54) is 19.3 Å². The van der Waals surface area contributed by atoms with E-state index in [1.807, 2.05) is 0 Å². The highest BCUT2D eigenvalue weighted by atomic mass is 15.5. The number of nitrogens with one attached hydrogen (secondary N) is 2. The molecule has 100 valence electrons. The van der Waals surface area contributed by atoms with Crippen LogP contribution in [0.1, 0.15) is 58.8 Å². The minimum Gasteiger partial charge on any atom is -0.304 e. The van der Waals surface area contributed by atoms with Crippen molar-refractivity contribution >= 4 is 0 Å². The number of nitrogens with zero attached hydrogens (tertiary/aromatic N) is 3. The molecule has 4 atom stereocenters. The van der Waals surface area contributed by atoms with Crippen LogP contribution in [0.5, 0.6) is 0 Å². The normalized spacial score (nSPS) is 39.1. The predicted octanol–water partition coefficient (Wildman–Crippen LogP) is 2.07. The van der Waals surface area contributed by atoms with Crippen LogP contribution in [0.15, 0.2) is 0 Å². The van der Waals surface area contributed by atoms with Gasteiger partial charge in [-0.2, -0.15) is 5.21 Å². The molecule has 4 unspecified atom stereocenters. The third kappa shape index (κ3) is 1.46. The molecule has 2 saturated carbocycles. The number of aromatic amines is 1. The Labute approximate surface area is 108 Å². The van der Waals surface area contributed by atoms with Crippen molar-refractivity contribution in [2.24, 2.45) is 16.7 Å². The van der Waals surface area contributed by atoms with Crippen molar-refractivity contribution in [2.45, 2.75) is 59.0 Å². The topological polar surface area (TPSA) is 66.5 Å². The van der Waals surface area contributed by atoms with Gasteiger partial charge in [-0.05, 0) is 42.9 Å². The molecule has 0 amide bonds. The van der Waals surface area contributed by atoms with Gasteiger partial charge < -0.3 is 5.32 Å². The van der Waals surface area contributed by atoms with Crippen molar-refractivity contribution < 1.29 is 0 Å². The molecular formula is C13H23N5. The molecule has 0 saturated heterocycles. The summed E-state index contributed by atoms with van der Waals surface area (Å²) in [5.41, 5.74) is 0.845. The van der Waals surface area contributed by atoms with E-state index in [4.69, 9.17) is 0 Å². The molecule has 0 aliphatic heterocycles. The van der Waals surface area contributed by atoms with Crippen LogP contribution >= 0.6 is 0 Å². The van der Waals surface area contributed by atoms with Gasteiger partial charge in [0.1, 0.15) is 0 Å². The van der Waals surface area contributed by atoms with Crippen molar-refractivity contribution in [1.82, 2.24) is 25.9 Å². The summed E-state index contributed by atoms with van der Waals surface area (Å²) < 4.78 is 0. The monoisotopic (exact) mass is 249 g/mol. The second kappa shape index (κ2) is 3.76. The summed E-state index contributed by atoms with van der Waals surface area (Å²) in [6.07, 6.45) is 4.01. The summed E-state index contributed by atoms with van der Waals surface area (Å²) >= 11 is 0. The number of hydrogen-bond donors (Lipinski definition) is 2. The average molecular weight is 249 g/mol. The number of aromatic nitrogens is 4. The first-order valence-electron chi connectivity index (χ1n) is 6.94. The van der Waals surface area contributed by atoms with E-state index in [2.05, 4.69) is 53.6 Å². The smallest absolute Gasteiger partial charge is 0.191 e. The van der Waals surface area contributed by atoms with Crippen molar-refractivity contribution in [2.75, 3.05) is 0 Å². The molecule has 1 aromatic rings. The van der Waals surface area contributed by atoms with Crippen LogP contribution in [0.3, 0.4) is 0 Å². The maximum atomic E-state index is 4.07. The van der Waals surface area contributed by atoms with Crippen LogP contribution in [0.2, 0.25) is 0 Å². The highest BCUT2D eigenvalue weighted by Crippen LogP contribution is 2.65. The number of rotatable bonds is 3. The fourth-order valence-electron chi connectivity index (χ4n) is 4.19. The second-order valence-electron chi connectivity index (χ2n) is 6.82. The highest BCUT2D eigenvalue weighted by Gasteiger charge is 2.61. The molecule has 2 aliphatic rings. The van der Waals surface area contributed by atoms with E-state index in [9.17, 15) is 0 Å². The van der Waals surface area contributed by atoms with Gasteiger partial charge in [-0.25, -0.2) is 0 Å². The summed E-state index contributed by atoms with van der Waals surface area (Å²) in [6.45, 7) is 9.44. The minimum absolute atomic E-state index is 0.167. The van der Waals surface area contributed by atoms with Gasteiger partial charge in [0.05, 0.1) is 6.04 Å². The molecule has 0 spiro atoms. The van der Waals surface area contributed by atoms with Crippen LogP contribution in [0.4, 0.5) is 0 Å². The third-order valence-electron chi connectivity index (χ3n) is 5.99. The Morgan fingerprint density at radius 1 is 1.39 bits per heavy atom. The van der Waals surface area contributed by atoms with Crippen LogP contribution in [0, 0.1) is 16.7 Å². The van der Waals surface area contributed by atoms with E-state index in [-0.39, 0.29) is 6.04 Å². The molecule has 0 aromatic carbocycles. The molecule has 3 rings (SSSR count). The first-order chi connectivity index (χ1) is 8.45. The summed E-state index contributed by atoms with van der Waals surface area (Å²) in [5, 5.41) is 18.0. The number of hydrogen-bond acceptors (Lipinski definition) is 4. The Balaban J connectivity index is 1.76. The molecule has 1 heterocycles. The zero-order valence-electron chi connectivity index (χ0n) is 11.7. The molecule has 5 nitrogen and oxygen atoms in total. The molecule has 2 N–H and O–H groups in total. The number of H-pyrrole nitrogens is 1. The van der Waals surface area contributed by atoms with Gasteiger partial charge in [-0.3, -0.25) is 0 Å². The van der Waals surface area contributed by atoms with E-state index in [1.54, 1.807) is 0 Å². The van der Waals surface area contributed by atoms with Gasteiger partial charge in [0.25, 0.3) is 0 Å². The van der Waals surface area contributed by atoms with Gasteiger partial charge in [-0.15, -0.1) is 10.2 Å². The largest absolute Gasteiger partial charge is 0.304 e. The lowest BCUT2D eigenvalue weighted by atomic mass is 9.69. The van der Waals surface area contributed by atoms with Crippen molar-refractivity contribution in [3.05, 3.63) is 5.82 Å². The fraction of sp³-hybridized carbons (Fsp3) is 0.923. The first-order valence-corrected chi connectivity index (χ1v) is 6.94. The standard InChI is InChI=1S/C13H23N5/c1-8(11-15-17-18-16-11)14-10-7-9-5-6-13(10,4)12(9,2)3/h8-10,14H,5-7H2,1-4H3,(H,15,16,17,18). The van der Waals surface area contributed by atoms with E-state index >= 15 is 0 Å². The predicted molar refractivity (Wildman–Crippen MR) is 68.7 cm³/mol. The van der Waals surface area contributed by atoms with Crippen LogP contribution in [-0.4, -0.2) is 26.7 Å². The highest BCUT2D eigenvalue weighted by molar-refractivity contribution is 5.13. The van der Waals surface area contributed by atoms with Gasteiger partial charge in [0.2, 0.25) is 0 Å². The maximum Gasteiger partial charge on any atom is 0.191 e. The van der Waals surface area contributed by atoms with Crippen LogP contribution < -0.4 is 5.32 Å². The zero-order valence-corrected chi connectivity index (χ0v) is 11.7. The maximum absolute atomic E-state index is 4.07. The zero-order chi connectivity index (χ0) is 13.0. The van der Waals surface area contributed by atoms with Gasteiger partial charge in [0.15, 0.2) is 5.82 Å². The van der Waals surface area contributed by atoms with E-state index in [0.717, 1.165) is 11.7 Å². The summed E-state index contributed by atoms with van der Waals surface area (Å²) in [6, 6.07) is 0.737. The Bertz CT molecular complexity index is 427. The summed E-state index contributed by atoms with van der Waals surface area (Å²) in [4.78, 5) is 0. The molecule has 1 aromatic heterocycles. The third-order valence-corrected chi connectivity index (χ3v) is 5.99. The molecule has 2 aliphatic carbocycles. The number of tetrazole rings is 1. The second-order valence-corrected chi connectivity index (χ2v) is 6.82. The van der Waals surface area contributed by atoms with Crippen molar-refractivity contribution in [3.8, 4) is 0 Å². The minimum atomic E-state index is 0.167. The lowest BCUT2D eigenvalue weighted by molar-refractivity contribution is 0.115. The Hall–Kier alpha value is -0.970. The number of fused-ring (bicyclic) bond motifs is 2. The van der Waals surface area contributed by atoms with E-state index in [0.29, 0.717) is 16.9 Å². The van der Waals surface area contributed by atoms with E-state index < -0.39 is 0 Å². The van der Waals surface area contributed by atoms with Crippen molar-refractivity contribution in [3.63, 3.8) is 0 Å². The summed E-state index contributed by atoms with van der Waals surface area (Å²) in [5.74, 6) is 1.62. The van der Waals surface area contributed by atoms with Gasteiger partial charge in [-0.1, -0.05) is 26.0 Å². The van der Waals surface area contributed by atoms with Crippen molar-refractivity contribution in [1.29, 1.82) is 0 Å². The molecule has 18 heavy (non-hydrogen) atoms. The van der Waals surface area contributed by atoms with Crippen LogP contribution in [0.25, 0.3) is 0 Å². The molecule has 2 fully saturated rings. The SMILES string of the molecule is CC(NC1CC2CCC1(C)C2(C)C)c1nn[nH]n1.